The van der Waals surface area contributed by atoms with E-state index in [1.54, 1.807) is 25.4 Å². The fourth-order valence-electron chi connectivity index (χ4n) is 3.76. The van der Waals surface area contributed by atoms with Crippen molar-refractivity contribution < 1.29 is 9.53 Å². The minimum atomic E-state index is 0.00595. The molecule has 2 aromatic heterocycles. The van der Waals surface area contributed by atoms with Gasteiger partial charge < -0.3 is 19.4 Å². The number of anilines is 2. The van der Waals surface area contributed by atoms with Gasteiger partial charge in [0.1, 0.15) is 17.5 Å². The standard InChI is InChI=1S/C20H26N6O2/c1-15-22-17(24-7-3-4-8-24)13-18(23-15)25-9-11-26(12-10-25)20(27)16-5-6-19(28-2)21-14-16/h5-6,13-14H,3-4,7-12H2,1-2H3. The molecule has 2 saturated heterocycles. The number of carbonyl (C=O) groups excluding carboxylic acids is 1. The van der Waals surface area contributed by atoms with Crippen molar-refractivity contribution in [3.63, 3.8) is 0 Å². The highest BCUT2D eigenvalue weighted by Crippen LogP contribution is 2.23. The number of aromatic nitrogens is 3. The van der Waals surface area contributed by atoms with E-state index < -0.39 is 0 Å². The van der Waals surface area contributed by atoms with Gasteiger partial charge in [0.25, 0.3) is 5.91 Å². The van der Waals surface area contributed by atoms with Crippen LogP contribution in [-0.4, -0.2) is 72.1 Å². The van der Waals surface area contributed by atoms with Crippen molar-refractivity contribution in [3.8, 4) is 5.88 Å². The quantitative estimate of drug-likeness (QED) is 0.797. The molecular formula is C20H26N6O2. The fourth-order valence-corrected chi connectivity index (χ4v) is 3.76. The van der Waals surface area contributed by atoms with Gasteiger partial charge >= 0.3 is 0 Å². The Kier molecular flexibility index (Phi) is 5.27. The van der Waals surface area contributed by atoms with Gasteiger partial charge in [0.2, 0.25) is 5.88 Å². The van der Waals surface area contributed by atoms with Gasteiger partial charge in [-0.05, 0) is 25.8 Å². The Morgan fingerprint density at radius 3 is 2.18 bits per heavy atom. The minimum absolute atomic E-state index is 0.00595. The van der Waals surface area contributed by atoms with Crippen molar-refractivity contribution in [3.05, 3.63) is 35.8 Å². The van der Waals surface area contributed by atoms with Crippen LogP contribution in [0.15, 0.2) is 24.4 Å². The Balaban J connectivity index is 1.41. The number of nitrogens with zero attached hydrogens (tertiary/aromatic N) is 6. The zero-order valence-electron chi connectivity index (χ0n) is 16.5. The monoisotopic (exact) mass is 382 g/mol. The number of amides is 1. The molecule has 0 bridgehead atoms. The Morgan fingerprint density at radius 2 is 1.61 bits per heavy atom. The van der Waals surface area contributed by atoms with Crippen molar-refractivity contribution in [2.45, 2.75) is 19.8 Å². The van der Waals surface area contributed by atoms with Crippen LogP contribution in [-0.2, 0) is 0 Å². The lowest BCUT2D eigenvalue weighted by molar-refractivity contribution is 0.0746. The van der Waals surface area contributed by atoms with E-state index in [1.807, 2.05) is 11.8 Å². The lowest BCUT2D eigenvalue weighted by atomic mass is 10.2. The Hall–Kier alpha value is -2.90. The summed E-state index contributed by atoms with van der Waals surface area (Å²) in [6.45, 7) is 6.90. The maximum atomic E-state index is 12.7. The van der Waals surface area contributed by atoms with E-state index in [1.165, 1.54) is 12.8 Å². The predicted molar refractivity (Wildman–Crippen MR) is 107 cm³/mol. The first-order valence-electron chi connectivity index (χ1n) is 9.79. The molecule has 2 aliphatic rings. The van der Waals surface area contributed by atoms with Gasteiger partial charge in [-0.25, -0.2) is 15.0 Å². The Bertz CT molecular complexity index is 827. The number of piperazine rings is 1. The summed E-state index contributed by atoms with van der Waals surface area (Å²) in [5, 5.41) is 0. The second-order valence-electron chi connectivity index (χ2n) is 7.19. The molecule has 0 spiro atoms. The molecule has 0 N–H and O–H groups in total. The number of hydrogen-bond donors (Lipinski definition) is 0. The number of methoxy groups -OCH3 is 1. The maximum Gasteiger partial charge on any atom is 0.255 e. The first-order chi connectivity index (χ1) is 13.6. The summed E-state index contributed by atoms with van der Waals surface area (Å²) in [4.78, 5) is 32.5. The Labute approximate surface area is 165 Å². The van der Waals surface area contributed by atoms with Crippen molar-refractivity contribution >= 4 is 17.5 Å². The van der Waals surface area contributed by atoms with Crippen LogP contribution in [0.4, 0.5) is 11.6 Å². The first kappa shape index (κ1) is 18.5. The molecule has 0 radical (unpaired) electrons. The molecule has 0 saturated carbocycles. The molecule has 2 aromatic rings. The highest BCUT2D eigenvalue weighted by atomic mass is 16.5. The number of aryl methyl sites for hydroxylation is 1. The average Bonchev–Trinajstić information content (AvgIpc) is 3.28. The molecular weight excluding hydrogens is 356 g/mol. The summed E-state index contributed by atoms with van der Waals surface area (Å²) in [7, 11) is 1.56. The number of hydrogen-bond acceptors (Lipinski definition) is 7. The lowest BCUT2D eigenvalue weighted by Crippen LogP contribution is -2.49. The van der Waals surface area contributed by atoms with Crippen LogP contribution in [0.2, 0.25) is 0 Å². The minimum Gasteiger partial charge on any atom is -0.481 e. The van der Waals surface area contributed by atoms with Crippen LogP contribution in [0, 0.1) is 6.92 Å². The van der Waals surface area contributed by atoms with E-state index in [0.29, 0.717) is 24.5 Å². The molecule has 28 heavy (non-hydrogen) atoms. The van der Waals surface area contributed by atoms with Gasteiger partial charge in [-0.2, -0.15) is 0 Å². The highest BCUT2D eigenvalue weighted by molar-refractivity contribution is 5.94. The second-order valence-corrected chi connectivity index (χ2v) is 7.19. The first-order valence-corrected chi connectivity index (χ1v) is 9.79. The Morgan fingerprint density at radius 1 is 0.964 bits per heavy atom. The van der Waals surface area contributed by atoms with Crippen molar-refractivity contribution in [1.29, 1.82) is 0 Å². The van der Waals surface area contributed by atoms with Crippen LogP contribution in [0.3, 0.4) is 0 Å². The van der Waals surface area contributed by atoms with E-state index in [9.17, 15) is 4.79 Å². The molecule has 148 valence electrons. The van der Waals surface area contributed by atoms with Gasteiger partial charge in [-0.15, -0.1) is 0 Å². The molecule has 4 heterocycles. The van der Waals surface area contributed by atoms with E-state index in [2.05, 4.69) is 30.8 Å². The highest BCUT2D eigenvalue weighted by Gasteiger charge is 2.24. The molecule has 2 fully saturated rings. The van der Waals surface area contributed by atoms with Gasteiger partial charge in [0.05, 0.1) is 12.7 Å². The summed E-state index contributed by atoms with van der Waals surface area (Å²) in [5.41, 5.74) is 0.587. The smallest absolute Gasteiger partial charge is 0.255 e. The maximum absolute atomic E-state index is 12.7. The molecule has 1 amide bonds. The summed E-state index contributed by atoms with van der Waals surface area (Å²) in [6.07, 6.45) is 4.02. The molecule has 0 aromatic carbocycles. The van der Waals surface area contributed by atoms with Crippen molar-refractivity contribution in [1.82, 2.24) is 19.9 Å². The molecule has 0 atom stereocenters. The molecule has 4 rings (SSSR count). The summed E-state index contributed by atoms with van der Waals surface area (Å²) >= 11 is 0. The van der Waals surface area contributed by atoms with Gasteiger partial charge in [0.15, 0.2) is 0 Å². The predicted octanol–water partition coefficient (Wildman–Crippen LogP) is 1.75. The molecule has 8 heteroatoms. The van der Waals surface area contributed by atoms with Crippen LogP contribution in [0.1, 0.15) is 29.0 Å². The number of ether oxygens (including phenoxy) is 1. The van der Waals surface area contributed by atoms with E-state index in [-0.39, 0.29) is 5.91 Å². The van der Waals surface area contributed by atoms with Gasteiger partial charge in [0, 0.05) is 57.6 Å². The van der Waals surface area contributed by atoms with Crippen LogP contribution >= 0.6 is 0 Å². The molecule has 0 unspecified atom stereocenters. The van der Waals surface area contributed by atoms with Crippen molar-refractivity contribution in [2.75, 3.05) is 56.2 Å². The molecule has 8 nitrogen and oxygen atoms in total. The van der Waals surface area contributed by atoms with Gasteiger partial charge in [-0.1, -0.05) is 0 Å². The summed E-state index contributed by atoms with van der Waals surface area (Å²) in [5.74, 6) is 3.28. The normalized spacial score (nSPS) is 17.1. The number of carbonyl (C=O) groups is 1. The van der Waals surface area contributed by atoms with Crippen LogP contribution in [0.25, 0.3) is 0 Å². The SMILES string of the molecule is COc1ccc(C(=O)N2CCN(c3cc(N4CCCC4)nc(C)n3)CC2)cn1. The number of pyridine rings is 1. The largest absolute Gasteiger partial charge is 0.481 e. The zero-order valence-corrected chi connectivity index (χ0v) is 16.5. The summed E-state index contributed by atoms with van der Waals surface area (Å²) in [6, 6.07) is 5.56. The third kappa shape index (κ3) is 3.85. The van der Waals surface area contributed by atoms with E-state index >= 15 is 0 Å². The topological polar surface area (TPSA) is 74.7 Å². The molecule has 2 aliphatic heterocycles. The lowest BCUT2D eigenvalue weighted by Gasteiger charge is -2.35. The average molecular weight is 382 g/mol. The molecule has 0 aliphatic carbocycles. The van der Waals surface area contributed by atoms with E-state index in [0.717, 1.165) is 43.6 Å². The third-order valence-corrected chi connectivity index (χ3v) is 5.32. The third-order valence-electron chi connectivity index (χ3n) is 5.32. The van der Waals surface area contributed by atoms with Crippen LogP contribution < -0.4 is 14.5 Å². The van der Waals surface area contributed by atoms with E-state index in [4.69, 9.17) is 4.74 Å². The fraction of sp³-hybridized carbons (Fsp3) is 0.500. The van der Waals surface area contributed by atoms with Crippen LogP contribution in [0.5, 0.6) is 5.88 Å². The van der Waals surface area contributed by atoms with Gasteiger partial charge in [-0.3, -0.25) is 4.79 Å². The zero-order chi connectivity index (χ0) is 19.5. The number of rotatable bonds is 4. The second kappa shape index (κ2) is 8.00. The summed E-state index contributed by atoms with van der Waals surface area (Å²) < 4.78 is 5.06. The van der Waals surface area contributed by atoms with Crippen molar-refractivity contribution in [2.24, 2.45) is 0 Å².